The molecule has 0 atom stereocenters. The van der Waals surface area contributed by atoms with E-state index in [0.29, 0.717) is 0 Å². The monoisotopic (exact) mass is 296 g/mol. The molecule has 3 aromatic rings. The van der Waals surface area contributed by atoms with Gasteiger partial charge in [0.1, 0.15) is 0 Å². The van der Waals surface area contributed by atoms with Crippen LogP contribution in [0.2, 0.25) is 0 Å². The van der Waals surface area contributed by atoms with Crippen molar-refractivity contribution >= 4 is 28.4 Å². The third-order valence-corrected chi connectivity index (χ3v) is 4.75. The standard InChI is InChI=1S/C16H16N4S/c1-11-3-2-4-12(9-11)5-6-15-18-16-20(19-15)13-7-8-17-10-14(13)21-16/h2-6,9,17H,7-8,10H2,1H3/b6-5+. The molecule has 4 rings (SSSR count). The van der Waals surface area contributed by atoms with Crippen molar-refractivity contribution in [1.29, 1.82) is 0 Å². The predicted octanol–water partition coefficient (Wildman–Crippen LogP) is 2.92. The van der Waals surface area contributed by atoms with Crippen LogP contribution in [0.5, 0.6) is 0 Å². The minimum Gasteiger partial charge on any atom is -0.311 e. The van der Waals surface area contributed by atoms with Gasteiger partial charge in [0.2, 0.25) is 4.96 Å². The van der Waals surface area contributed by atoms with Gasteiger partial charge in [0.05, 0.1) is 5.69 Å². The molecule has 4 nitrogen and oxygen atoms in total. The van der Waals surface area contributed by atoms with E-state index in [2.05, 4.69) is 52.7 Å². The average molecular weight is 296 g/mol. The topological polar surface area (TPSA) is 42.2 Å². The normalized spacial score (nSPS) is 14.9. The number of benzene rings is 1. The van der Waals surface area contributed by atoms with Crippen LogP contribution >= 0.6 is 11.3 Å². The van der Waals surface area contributed by atoms with E-state index < -0.39 is 0 Å². The first kappa shape index (κ1) is 12.7. The minimum atomic E-state index is 0.782. The second kappa shape index (κ2) is 5.09. The molecule has 0 saturated heterocycles. The predicted molar refractivity (Wildman–Crippen MR) is 86.4 cm³/mol. The first-order chi connectivity index (χ1) is 10.3. The Balaban J connectivity index is 1.66. The summed E-state index contributed by atoms with van der Waals surface area (Å²) in [4.78, 5) is 6.97. The Bertz CT molecular complexity index is 828. The lowest BCUT2D eigenvalue weighted by atomic mass is 10.1. The van der Waals surface area contributed by atoms with Crippen LogP contribution in [-0.4, -0.2) is 21.1 Å². The molecule has 106 valence electrons. The molecule has 21 heavy (non-hydrogen) atoms. The van der Waals surface area contributed by atoms with E-state index in [1.165, 1.54) is 21.7 Å². The van der Waals surface area contributed by atoms with Crippen molar-refractivity contribution in [2.24, 2.45) is 0 Å². The Morgan fingerprint density at radius 2 is 2.29 bits per heavy atom. The van der Waals surface area contributed by atoms with Gasteiger partial charge in [-0.05, 0) is 18.6 Å². The Labute approximate surface area is 127 Å². The summed E-state index contributed by atoms with van der Waals surface area (Å²) in [5, 5.41) is 8.01. The second-order valence-electron chi connectivity index (χ2n) is 5.31. The fourth-order valence-electron chi connectivity index (χ4n) is 2.65. The third kappa shape index (κ3) is 2.39. The quantitative estimate of drug-likeness (QED) is 0.790. The number of rotatable bonds is 2. The maximum Gasteiger partial charge on any atom is 0.213 e. The first-order valence-electron chi connectivity index (χ1n) is 7.12. The summed E-state index contributed by atoms with van der Waals surface area (Å²) >= 11 is 1.74. The van der Waals surface area contributed by atoms with Gasteiger partial charge in [0.15, 0.2) is 5.82 Å². The molecule has 0 bridgehead atoms. The number of nitrogens with one attached hydrogen (secondary N) is 1. The van der Waals surface area contributed by atoms with Crippen molar-refractivity contribution < 1.29 is 0 Å². The number of aryl methyl sites for hydroxylation is 1. The third-order valence-electron chi connectivity index (χ3n) is 3.68. The molecule has 1 aromatic carbocycles. The number of thiazole rings is 1. The molecule has 1 aliphatic heterocycles. The lowest BCUT2D eigenvalue weighted by molar-refractivity contribution is 0.628. The van der Waals surface area contributed by atoms with E-state index in [1.807, 2.05) is 10.6 Å². The highest BCUT2D eigenvalue weighted by molar-refractivity contribution is 7.17. The maximum atomic E-state index is 4.62. The first-order valence-corrected chi connectivity index (χ1v) is 7.94. The summed E-state index contributed by atoms with van der Waals surface area (Å²) in [5.74, 6) is 0.782. The molecule has 0 unspecified atom stereocenters. The molecule has 2 aromatic heterocycles. The van der Waals surface area contributed by atoms with Crippen LogP contribution in [0.4, 0.5) is 0 Å². The molecule has 5 heteroatoms. The van der Waals surface area contributed by atoms with Gasteiger partial charge in [-0.25, -0.2) is 4.52 Å². The average Bonchev–Trinajstić information content (AvgIpc) is 3.02. The number of aromatic nitrogens is 3. The Hall–Kier alpha value is -1.98. The molecule has 0 fully saturated rings. The molecule has 1 aliphatic rings. The molecule has 0 spiro atoms. The number of fused-ring (bicyclic) bond motifs is 3. The second-order valence-corrected chi connectivity index (χ2v) is 6.37. The van der Waals surface area contributed by atoms with E-state index in [9.17, 15) is 0 Å². The zero-order valence-electron chi connectivity index (χ0n) is 11.8. The molecule has 1 N–H and O–H groups in total. The maximum absolute atomic E-state index is 4.62. The van der Waals surface area contributed by atoms with Crippen molar-refractivity contribution in [1.82, 2.24) is 19.9 Å². The van der Waals surface area contributed by atoms with Gasteiger partial charge in [-0.15, -0.1) is 5.10 Å². The van der Waals surface area contributed by atoms with Gasteiger partial charge in [0, 0.05) is 24.4 Å². The Kier molecular flexibility index (Phi) is 3.09. The zero-order chi connectivity index (χ0) is 14.2. The van der Waals surface area contributed by atoms with Gasteiger partial charge in [-0.2, -0.15) is 4.98 Å². The van der Waals surface area contributed by atoms with Crippen molar-refractivity contribution in [2.45, 2.75) is 19.9 Å². The lowest BCUT2D eigenvalue weighted by Gasteiger charge is -2.10. The van der Waals surface area contributed by atoms with Crippen LogP contribution in [0, 0.1) is 6.92 Å². The zero-order valence-corrected chi connectivity index (χ0v) is 12.7. The summed E-state index contributed by atoms with van der Waals surface area (Å²) in [6.07, 6.45) is 5.09. The minimum absolute atomic E-state index is 0.782. The van der Waals surface area contributed by atoms with E-state index in [-0.39, 0.29) is 0 Å². The fourth-order valence-corrected chi connectivity index (χ4v) is 3.73. The van der Waals surface area contributed by atoms with Crippen LogP contribution < -0.4 is 5.32 Å². The lowest BCUT2D eigenvalue weighted by Crippen LogP contribution is -2.23. The van der Waals surface area contributed by atoms with Gasteiger partial charge in [0.25, 0.3) is 0 Å². The highest BCUT2D eigenvalue weighted by atomic mass is 32.1. The summed E-state index contributed by atoms with van der Waals surface area (Å²) < 4.78 is 2.01. The number of nitrogens with zero attached hydrogens (tertiary/aromatic N) is 3. The molecular formula is C16H16N4S. The van der Waals surface area contributed by atoms with Crippen LogP contribution in [0.15, 0.2) is 24.3 Å². The fraction of sp³-hybridized carbons (Fsp3) is 0.250. The Morgan fingerprint density at radius 1 is 1.33 bits per heavy atom. The van der Waals surface area contributed by atoms with E-state index in [0.717, 1.165) is 30.3 Å². The van der Waals surface area contributed by atoms with Gasteiger partial charge in [-0.1, -0.05) is 47.2 Å². The van der Waals surface area contributed by atoms with Gasteiger partial charge in [-0.3, -0.25) is 0 Å². The van der Waals surface area contributed by atoms with Crippen LogP contribution in [0.1, 0.15) is 27.5 Å². The van der Waals surface area contributed by atoms with Gasteiger partial charge < -0.3 is 5.32 Å². The molecule has 0 saturated carbocycles. The van der Waals surface area contributed by atoms with Crippen molar-refractivity contribution in [3.8, 4) is 0 Å². The Morgan fingerprint density at radius 3 is 3.19 bits per heavy atom. The molecule has 3 heterocycles. The van der Waals surface area contributed by atoms with Gasteiger partial charge >= 0.3 is 0 Å². The highest BCUT2D eigenvalue weighted by Crippen LogP contribution is 2.24. The van der Waals surface area contributed by atoms with Crippen LogP contribution in [0.25, 0.3) is 17.1 Å². The highest BCUT2D eigenvalue weighted by Gasteiger charge is 2.17. The molecular weight excluding hydrogens is 280 g/mol. The van der Waals surface area contributed by atoms with E-state index >= 15 is 0 Å². The summed E-state index contributed by atoms with van der Waals surface area (Å²) in [6, 6.07) is 8.41. The van der Waals surface area contributed by atoms with Crippen LogP contribution in [0.3, 0.4) is 0 Å². The van der Waals surface area contributed by atoms with Crippen molar-refractivity contribution in [3.63, 3.8) is 0 Å². The SMILES string of the molecule is Cc1cccc(/C=C/c2nc3sc4c(n3n2)CCNC4)c1. The van der Waals surface area contributed by atoms with Crippen molar-refractivity contribution in [2.75, 3.05) is 6.54 Å². The largest absolute Gasteiger partial charge is 0.311 e. The molecule has 0 radical (unpaired) electrons. The number of hydrogen-bond acceptors (Lipinski definition) is 4. The van der Waals surface area contributed by atoms with E-state index in [4.69, 9.17) is 0 Å². The van der Waals surface area contributed by atoms with Crippen molar-refractivity contribution in [3.05, 3.63) is 51.8 Å². The smallest absolute Gasteiger partial charge is 0.213 e. The summed E-state index contributed by atoms with van der Waals surface area (Å²) in [5.41, 5.74) is 3.76. The summed E-state index contributed by atoms with van der Waals surface area (Å²) in [6.45, 7) is 4.06. The molecule has 0 amide bonds. The number of hydrogen-bond donors (Lipinski definition) is 1. The van der Waals surface area contributed by atoms with Crippen LogP contribution in [-0.2, 0) is 13.0 Å². The summed E-state index contributed by atoms with van der Waals surface area (Å²) in [7, 11) is 0. The molecule has 0 aliphatic carbocycles. The van der Waals surface area contributed by atoms with E-state index in [1.54, 1.807) is 11.3 Å².